The number of H-pyrrole nitrogens is 1. The van der Waals surface area contributed by atoms with E-state index in [0.29, 0.717) is 17.1 Å². The van der Waals surface area contributed by atoms with E-state index < -0.39 is 15.9 Å². The number of aryl methyl sites for hydroxylation is 1. The Morgan fingerprint density at radius 3 is 2.61 bits per heavy atom. The van der Waals surface area contributed by atoms with Crippen molar-refractivity contribution in [2.24, 2.45) is 0 Å². The number of nitrogens with zero attached hydrogens (tertiary/aromatic N) is 1. The van der Waals surface area contributed by atoms with E-state index in [2.05, 4.69) is 20.2 Å². The first kappa shape index (κ1) is 20.7. The number of rotatable bonds is 6. The fourth-order valence-electron chi connectivity index (χ4n) is 2.83. The minimum Gasteiger partial charge on any atom is -0.460 e. The van der Waals surface area contributed by atoms with Gasteiger partial charge in [-0.05, 0) is 49.4 Å². The van der Waals surface area contributed by atoms with Gasteiger partial charge in [0.2, 0.25) is 0 Å². The van der Waals surface area contributed by atoms with Crippen LogP contribution in [0.4, 0.5) is 11.4 Å². The van der Waals surface area contributed by atoms with Gasteiger partial charge < -0.3 is 9.73 Å². The molecule has 3 N–H and O–H groups in total. The molecule has 0 radical (unpaired) electrons. The van der Waals surface area contributed by atoms with Crippen LogP contribution in [0.1, 0.15) is 16.2 Å². The number of amides is 1. The topological polar surface area (TPSA) is 117 Å². The first-order chi connectivity index (χ1) is 14.8. The number of hydrogen-bond donors (Lipinski definition) is 3. The van der Waals surface area contributed by atoms with Gasteiger partial charge in [-0.2, -0.15) is 5.10 Å². The lowest BCUT2D eigenvalue weighted by Crippen LogP contribution is -2.15. The Morgan fingerprint density at radius 2 is 1.87 bits per heavy atom. The van der Waals surface area contributed by atoms with Crippen LogP contribution < -0.4 is 10.0 Å². The molecule has 158 valence electrons. The maximum absolute atomic E-state index is 12.7. The van der Waals surface area contributed by atoms with Gasteiger partial charge in [0, 0.05) is 11.8 Å². The molecule has 4 aromatic rings. The number of furan rings is 1. The highest BCUT2D eigenvalue weighted by Crippen LogP contribution is 2.25. The number of aromatic nitrogens is 2. The number of carbonyl (C=O) groups excluding carboxylic acids is 1. The highest BCUT2D eigenvalue weighted by atomic mass is 35.5. The average molecular weight is 457 g/mol. The van der Waals surface area contributed by atoms with E-state index in [1.165, 1.54) is 18.2 Å². The SMILES string of the molecule is Cc1ccc(-c2cc(C(=O)Nc3cccc(S(=O)(=O)Nc4ccccc4Cl)c3)n[nH]2)o1. The van der Waals surface area contributed by atoms with E-state index in [1.807, 2.05) is 6.92 Å². The Hall–Kier alpha value is -3.56. The maximum Gasteiger partial charge on any atom is 0.276 e. The largest absolute Gasteiger partial charge is 0.460 e. The van der Waals surface area contributed by atoms with Crippen LogP contribution in [0.5, 0.6) is 0 Å². The summed E-state index contributed by atoms with van der Waals surface area (Å²) in [5.41, 5.74) is 1.24. The molecule has 0 saturated heterocycles. The molecule has 2 heterocycles. The van der Waals surface area contributed by atoms with Gasteiger partial charge in [0.25, 0.3) is 15.9 Å². The molecule has 2 aromatic carbocycles. The number of nitrogens with one attached hydrogen (secondary N) is 3. The van der Waals surface area contributed by atoms with Gasteiger partial charge in [0.15, 0.2) is 11.5 Å². The second-order valence-electron chi connectivity index (χ2n) is 6.64. The van der Waals surface area contributed by atoms with E-state index >= 15 is 0 Å². The number of carbonyl (C=O) groups is 1. The molecule has 0 aliphatic heterocycles. The number of halogens is 1. The Bertz CT molecular complexity index is 1360. The van der Waals surface area contributed by atoms with Crippen molar-refractivity contribution in [2.75, 3.05) is 10.0 Å². The smallest absolute Gasteiger partial charge is 0.276 e. The van der Waals surface area contributed by atoms with Gasteiger partial charge in [-0.3, -0.25) is 14.6 Å². The summed E-state index contributed by atoms with van der Waals surface area (Å²) in [6, 6.07) is 17.5. The third-order valence-electron chi connectivity index (χ3n) is 4.34. The summed E-state index contributed by atoms with van der Waals surface area (Å²) in [5, 5.41) is 9.66. The Kier molecular flexibility index (Phi) is 5.53. The van der Waals surface area contributed by atoms with E-state index in [0.717, 1.165) is 5.76 Å². The molecule has 8 nitrogen and oxygen atoms in total. The molecule has 0 saturated carbocycles. The minimum atomic E-state index is -3.91. The molecule has 0 atom stereocenters. The van der Waals surface area contributed by atoms with Crippen molar-refractivity contribution in [1.29, 1.82) is 0 Å². The lowest BCUT2D eigenvalue weighted by molar-refractivity contribution is 0.102. The van der Waals surface area contributed by atoms with E-state index in [1.54, 1.807) is 48.5 Å². The first-order valence-corrected chi connectivity index (χ1v) is 11.0. The van der Waals surface area contributed by atoms with Gasteiger partial charge in [0.05, 0.1) is 15.6 Å². The fourth-order valence-corrected chi connectivity index (χ4v) is 4.19. The Labute approximate surface area is 183 Å². The van der Waals surface area contributed by atoms with Crippen LogP contribution in [-0.2, 0) is 10.0 Å². The molecule has 0 unspecified atom stereocenters. The zero-order chi connectivity index (χ0) is 22.0. The molecule has 0 spiro atoms. The summed E-state index contributed by atoms with van der Waals surface area (Å²) >= 11 is 6.03. The van der Waals surface area contributed by atoms with Crippen molar-refractivity contribution in [1.82, 2.24) is 10.2 Å². The summed E-state index contributed by atoms with van der Waals surface area (Å²) in [6.07, 6.45) is 0. The first-order valence-electron chi connectivity index (χ1n) is 9.13. The Morgan fingerprint density at radius 1 is 1.06 bits per heavy atom. The highest BCUT2D eigenvalue weighted by molar-refractivity contribution is 7.92. The van der Waals surface area contributed by atoms with Crippen LogP contribution in [0.15, 0.2) is 76.0 Å². The van der Waals surface area contributed by atoms with Crippen LogP contribution >= 0.6 is 11.6 Å². The molecule has 2 aromatic heterocycles. The molecule has 0 fully saturated rings. The zero-order valence-electron chi connectivity index (χ0n) is 16.2. The maximum atomic E-state index is 12.7. The van der Waals surface area contributed by atoms with Crippen LogP contribution in [0.2, 0.25) is 5.02 Å². The number of benzene rings is 2. The predicted molar refractivity (Wildman–Crippen MR) is 118 cm³/mol. The molecule has 10 heteroatoms. The van der Waals surface area contributed by atoms with Crippen molar-refractivity contribution in [3.63, 3.8) is 0 Å². The van der Waals surface area contributed by atoms with Crippen molar-refractivity contribution in [2.45, 2.75) is 11.8 Å². The van der Waals surface area contributed by atoms with Gasteiger partial charge in [-0.1, -0.05) is 29.8 Å². The summed E-state index contributed by atoms with van der Waals surface area (Å²) < 4.78 is 33.4. The Balaban J connectivity index is 1.51. The van der Waals surface area contributed by atoms with Gasteiger partial charge >= 0.3 is 0 Å². The summed E-state index contributed by atoms with van der Waals surface area (Å²) in [6.45, 7) is 1.81. The number of aromatic amines is 1. The van der Waals surface area contributed by atoms with Gasteiger partial charge in [-0.25, -0.2) is 8.42 Å². The molecule has 31 heavy (non-hydrogen) atoms. The van der Waals surface area contributed by atoms with Crippen LogP contribution in [0.3, 0.4) is 0 Å². The summed E-state index contributed by atoms with van der Waals surface area (Å²) in [4.78, 5) is 12.5. The lowest BCUT2D eigenvalue weighted by Gasteiger charge is -2.11. The quantitative estimate of drug-likeness (QED) is 0.389. The van der Waals surface area contributed by atoms with Crippen LogP contribution in [0, 0.1) is 6.92 Å². The van der Waals surface area contributed by atoms with Crippen LogP contribution in [-0.4, -0.2) is 24.5 Å². The second-order valence-corrected chi connectivity index (χ2v) is 8.73. The molecule has 4 rings (SSSR count). The molecular weight excluding hydrogens is 440 g/mol. The normalized spacial score (nSPS) is 11.3. The molecular formula is C21H17ClN4O4S. The second kappa shape index (κ2) is 8.29. The zero-order valence-corrected chi connectivity index (χ0v) is 17.8. The minimum absolute atomic E-state index is 0.0287. The highest BCUT2D eigenvalue weighted by Gasteiger charge is 2.18. The monoisotopic (exact) mass is 456 g/mol. The van der Waals surface area contributed by atoms with Gasteiger partial charge in [0.1, 0.15) is 11.5 Å². The standard InChI is InChI=1S/C21H17ClN4O4S/c1-13-9-10-20(30-13)18-12-19(25-24-18)21(27)23-14-5-4-6-15(11-14)31(28,29)26-17-8-3-2-7-16(17)22/h2-12,26H,1H3,(H,23,27)(H,24,25). The van der Waals surface area contributed by atoms with Crippen molar-refractivity contribution >= 4 is 38.9 Å². The summed E-state index contributed by atoms with van der Waals surface area (Å²) in [5.74, 6) is 0.793. The van der Waals surface area contributed by atoms with E-state index in [4.69, 9.17) is 16.0 Å². The number of hydrogen-bond acceptors (Lipinski definition) is 5. The average Bonchev–Trinajstić information content (AvgIpc) is 3.39. The summed E-state index contributed by atoms with van der Waals surface area (Å²) in [7, 11) is -3.91. The fraction of sp³-hybridized carbons (Fsp3) is 0.0476. The lowest BCUT2D eigenvalue weighted by atomic mass is 10.2. The number of para-hydroxylation sites is 1. The number of sulfonamides is 1. The van der Waals surface area contributed by atoms with Crippen molar-refractivity contribution < 1.29 is 17.6 Å². The molecule has 0 aliphatic rings. The number of anilines is 2. The third-order valence-corrected chi connectivity index (χ3v) is 6.03. The third kappa shape index (κ3) is 4.62. The molecule has 0 aliphatic carbocycles. The van der Waals surface area contributed by atoms with Crippen molar-refractivity contribution in [3.8, 4) is 11.5 Å². The van der Waals surface area contributed by atoms with E-state index in [9.17, 15) is 13.2 Å². The van der Waals surface area contributed by atoms with Gasteiger partial charge in [-0.15, -0.1) is 0 Å². The molecule has 1 amide bonds. The van der Waals surface area contributed by atoms with E-state index in [-0.39, 0.29) is 21.3 Å². The predicted octanol–water partition coefficient (Wildman–Crippen LogP) is 4.68. The molecule has 0 bridgehead atoms. The van der Waals surface area contributed by atoms with Crippen molar-refractivity contribution in [3.05, 3.63) is 83.2 Å². The van der Waals surface area contributed by atoms with Crippen LogP contribution in [0.25, 0.3) is 11.5 Å².